The van der Waals surface area contributed by atoms with E-state index >= 15 is 0 Å². The van der Waals surface area contributed by atoms with Gasteiger partial charge in [0.25, 0.3) is 0 Å². The Kier molecular flexibility index (Phi) is 7.87. The van der Waals surface area contributed by atoms with Crippen LogP contribution in [0.5, 0.6) is 5.75 Å². The summed E-state index contributed by atoms with van der Waals surface area (Å²) in [5.74, 6) is -0.138. The standard InChI is InChI=1S/C23H29N3O5S/c1-17(22(27)24-16-18-7-6-8-20(15-18)31-2)25-23(28)19-11-13-26(14-12-19)32(29,30)21-9-4-3-5-10-21/h3-10,15,17,19H,11-14,16H2,1-2H3,(H,24,27)(H,25,28). The van der Waals surface area contributed by atoms with E-state index in [9.17, 15) is 18.0 Å². The first-order chi connectivity index (χ1) is 15.3. The zero-order valence-electron chi connectivity index (χ0n) is 18.3. The molecule has 0 spiro atoms. The van der Waals surface area contributed by atoms with Gasteiger partial charge < -0.3 is 15.4 Å². The number of amides is 2. The number of carbonyl (C=O) groups is 2. The van der Waals surface area contributed by atoms with E-state index < -0.39 is 16.1 Å². The minimum Gasteiger partial charge on any atom is -0.497 e. The molecule has 2 aromatic carbocycles. The Balaban J connectivity index is 1.47. The van der Waals surface area contributed by atoms with Crippen LogP contribution >= 0.6 is 0 Å². The average molecular weight is 460 g/mol. The minimum atomic E-state index is -3.56. The lowest BCUT2D eigenvalue weighted by Crippen LogP contribution is -2.49. The first-order valence-electron chi connectivity index (χ1n) is 10.6. The van der Waals surface area contributed by atoms with Crippen molar-refractivity contribution >= 4 is 21.8 Å². The number of benzene rings is 2. The normalized spacial score (nSPS) is 16.2. The molecule has 0 aromatic heterocycles. The summed E-state index contributed by atoms with van der Waals surface area (Å²) < 4.78 is 32.0. The van der Waals surface area contributed by atoms with Crippen LogP contribution in [0.2, 0.25) is 0 Å². The van der Waals surface area contributed by atoms with Crippen LogP contribution in [0.3, 0.4) is 0 Å². The van der Waals surface area contributed by atoms with Gasteiger partial charge in [-0.2, -0.15) is 4.31 Å². The Hall–Kier alpha value is -2.91. The molecule has 1 unspecified atom stereocenters. The van der Waals surface area contributed by atoms with E-state index in [1.807, 2.05) is 24.3 Å². The van der Waals surface area contributed by atoms with Gasteiger partial charge in [-0.25, -0.2) is 8.42 Å². The Morgan fingerprint density at radius 1 is 1.09 bits per heavy atom. The largest absolute Gasteiger partial charge is 0.497 e. The summed E-state index contributed by atoms with van der Waals surface area (Å²) in [7, 11) is -1.98. The van der Waals surface area contributed by atoms with Gasteiger partial charge in [0.05, 0.1) is 12.0 Å². The number of carbonyl (C=O) groups excluding carboxylic acids is 2. The first kappa shape index (κ1) is 23.7. The number of methoxy groups -OCH3 is 1. The van der Waals surface area contributed by atoms with Crippen LogP contribution < -0.4 is 15.4 Å². The van der Waals surface area contributed by atoms with Gasteiger partial charge in [0.2, 0.25) is 21.8 Å². The van der Waals surface area contributed by atoms with Crippen molar-refractivity contribution in [3.63, 3.8) is 0 Å². The molecule has 9 heteroatoms. The molecule has 0 bridgehead atoms. The number of nitrogens with one attached hydrogen (secondary N) is 2. The van der Waals surface area contributed by atoms with Crippen molar-refractivity contribution in [1.82, 2.24) is 14.9 Å². The van der Waals surface area contributed by atoms with E-state index in [-0.39, 0.29) is 35.7 Å². The van der Waals surface area contributed by atoms with Crippen molar-refractivity contribution < 1.29 is 22.7 Å². The lowest BCUT2D eigenvalue weighted by molar-refractivity contribution is -0.131. The van der Waals surface area contributed by atoms with E-state index in [4.69, 9.17) is 4.74 Å². The quantitative estimate of drug-likeness (QED) is 0.628. The van der Waals surface area contributed by atoms with Crippen LogP contribution in [-0.2, 0) is 26.2 Å². The van der Waals surface area contributed by atoms with Gasteiger partial charge in [-0.3, -0.25) is 9.59 Å². The molecule has 3 rings (SSSR count). The number of sulfonamides is 1. The maximum atomic E-state index is 12.7. The van der Waals surface area contributed by atoms with E-state index in [0.29, 0.717) is 25.1 Å². The predicted molar refractivity (Wildman–Crippen MR) is 120 cm³/mol. The van der Waals surface area contributed by atoms with Crippen molar-refractivity contribution in [2.45, 2.75) is 37.2 Å². The Labute approximate surface area is 189 Å². The van der Waals surface area contributed by atoms with Crippen molar-refractivity contribution in [1.29, 1.82) is 0 Å². The third kappa shape index (κ3) is 5.86. The molecule has 32 heavy (non-hydrogen) atoms. The number of hydrogen-bond acceptors (Lipinski definition) is 5. The molecule has 1 heterocycles. The summed E-state index contributed by atoms with van der Waals surface area (Å²) in [5, 5.41) is 5.56. The SMILES string of the molecule is COc1cccc(CNC(=O)C(C)NC(=O)C2CCN(S(=O)(=O)c3ccccc3)CC2)c1. The summed E-state index contributed by atoms with van der Waals surface area (Å²) in [6.07, 6.45) is 0.825. The molecule has 0 aliphatic carbocycles. The fraction of sp³-hybridized carbons (Fsp3) is 0.391. The highest BCUT2D eigenvalue weighted by Gasteiger charge is 2.32. The fourth-order valence-corrected chi connectivity index (χ4v) is 5.11. The van der Waals surface area contributed by atoms with E-state index in [2.05, 4.69) is 10.6 Å². The minimum absolute atomic E-state index is 0.231. The lowest BCUT2D eigenvalue weighted by Gasteiger charge is -2.31. The molecule has 8 nitrogen and oxygen atoms in total. The summed E-state index contributed by atoms with van der Waals surface area (Å²) in [6.45, 7) is 2.50. The molecule has 1 saturated heterocycles. The van der Waals surface area contributed by atoms with Crippen LogP contribution in [-0.4, -0.2) is 50.8 Å². The number of nitrogens with zero attached hydrogens (tertiary/aromatic N) is 1. The molecule has 1 atom stereocenters. The zero-order valence-corrected chi connectivity index (χ0v) is 19.1. The number of ether oxygens (including phenoxy) is 1. The molecule has 2 aromatic rings. The predicted octanol–water partition coefficient (Wildman–Crippen LogP) is 1.92. The summed E-state index contributed by atoms with van der Waals surface area (Å²) in [6, 6.07) is 15.0. The highest BCUT2D eigenvalue weighted by atomic mass is 32.2. The third-order valence-electron chi connectivity index (χ3n) is 5.56. The van der Waals surface area contributed by atoms with Gasteiger partial charge in [-0.05, 0) is 49.6 Å². The van der Waals surface area contributed by atoms with E-state index in [0.717, 1.165) is 5.56 Å². The van der Waals surface area contributed by atoms with Crippen molar-refractivity contribution in [3.8, 4) is 5.75 Å². The van der Waals surface area contributed by atoms with Gasteiger partial charge in [-0.1, -0.05) is 30.3 Å². The smallest absolute Gasteiger partial charge is 0.243 e. The van der Waals surface area contributed by atoms with Crippen molar-refractivity contribution in [2.75, 3.05) is 20.2 Å². The number of piperidine rings is 1. The molecule has 2 amide bonds. The highest BCUT2D eigenvalue weighted by molar-refractivity contribution is 7.89. The zero-order chi connectivity index (χ0) is 23.1. The van der Waals surface area contributed by atoms with E-state index in [1.54, 1.807) is 44.4 Å². The Bertz CT molecular complexity index is 1030. The Morgan fingerprint density at radius 2 is 1.78 bits per heavy atom. The van der Waals surface area contributed by atoms with Gasteiger partial charge >= 0.3 is 0 Å². The first-order valence-corrected chi connectivity index (χ1v) is 12.0. The molecule has 1 aliphatic rings. The van der Waals surface area contributed by atoms with Crippen LogP contribution in [0.1, 0.15) is 25.3 Å². The average Bonchev–Trinajstić information content (AvgIpc) is 2.83. The molecule has 0 radical (unpaired) electrons. The molecule has 1 fully saturated rings. The third-order valence-corrected chi connectivity index (χ3v) is 7.47. The molecule has 1 aliphatic heterocycles. The van der Waals surface area contributed by atoms with Crippen molar-refractivity contribution in [3.05, 3.63) is 60.2 Å². The second-order valence-corrected chi connectivity index (χ2v) is 9.73. The lowest BCUT2D eigenvalue weighted by atomic mass is 9.97. The van der Waals surface area contributed by atoms with Gasteiger partial charge in [0.15, 0.2) is 0 Å². The molecule has 0 saturated carbocycles. The van der Waals surface area contributed by atoms with Gasteiger partial charge in [-0.15, -0.1) is 0 Å². The van der Waals surface area contributed by atoms with Crippen LogP contribution in [0.25, 0.3) is 0 Å². The maximum Gasteiger partial charge on any atom is 0.243 e. The Morgan fingerprint density at radius 3 is 2.44 bits per heavy atom. The second-order valence-electron chi connectivity index (χ2n) is 7.79. The summed E-state index contributed by atoms with van der Waals surface area (Å²) in [4.78, 5) is 25.3. The molecule has 172 valence electrons. The number of rotatable bonds is 8. The highest BCUT2D eigenvalue weighted by Crippen LogP contribution is 2.24. The van der Waals surface area contributed by atoms with Crippen molar-refractivity contribution in [2.24, 2.45) is 5.92 Å². The summed E-state index contributed by atoms with van der Waals surface area (Å²) >= 11 is 0. The van der Waals surface area contributed by atoms with Gasteiger partial charge in [0.1, 0.15) is 11.8 Å². The van der Waals surface area contributed by atoms with E-state index in [1.165, 1.54) is 4.31 Å². The topological polar surface area (TPSA) is 105 Å². The number of hydrogen-bond donors (Lipinski definition) is 2. The van der Waals surface area contributed by atoms with Crippen LogP contribution in [0, 0.1) is 5.92 Å². The maximum absolute atomic E-state index is 12.7. The van der Waals surface area contributed by atoms with Crippen LogP contribution in [0.15, 0.2) is 59.5 Å². The monoisotopic (exact) mass is 459 g/mol. The van der Waals surface area contributed by atoms with Crippen LogP contribution in [0.4, 0.5) is 0 Å². The molecular weight excluding hydrogens is 430 g/mol. The molecule has 2 N–H and O–H groups in total. The summed E-state index contributed by atoms with van der Waals surface area (Å²) in [5.41, 5.74) is 0.892. The second kappa shape index (κ2) is 10.6. The fourth-order valence-electron chi connectivity index (χ4n) is 3.62. The van der Waals surface area contributed by atoms with Gasteiger partial charge in [0, 0.05) is 25.6 Å². The molecular formula is C23H29N3O5S.